The van der Waals surface area contributed by atoms with Crippen LogP contribution in [0.2, 0.25) is 0 Å². The number of carbonyl (C=O) groups excluding carboxylic acids is 2. The largest absolute Gasteiger partial charge is 0.338 e. The molecule has 2 fully saturated rings. The standard InChI is InChI=1S/C18H18N4O2/c23-16-9-18(13-22(16)15-4-2-7-20-11-15)5-8-21(12-18)17(24)14-3-1-6-19-10-14/h1-4,6-7,10-11H,5,8-9,12-13H2. The van der Waals surface area contributed by atoms with Crippen LogP contribution in [0.4, 0.5) is 5.69 Å². The Balaban J connectivity index is 1.50. The second-order valence-corrected chi connectivity index (χ2v) is 6.59. The van der Waals surface area contributed by atoms with Crippen molar-refractivity contribution in [3.8, 4) is 0 Å². The van der Waals surface area contributed by atoms with Gasteiger partial charge in [-0.25, -0.2) is 0 Å². The number of rotatable bonds is 2. The fourth-order valence-electron chi connectivity index (χ4n) is 3.70. The SMILES string of the molecule is O=C(c1cccnc1)N1CCC2(CC(=O)N(c3cccnc3)C2)C1. The molecule has 0 aromatic carbocycles. The fraction of sp³-hybridized carbons (Fsp3) is 0.333. The van der Waals surface area contributed by atoms with Gasteiger partial charge in [0.25, 0.3) is 5.91 Å². The average Bonchev–Trinajstić information content (AvgIpc) is 3.19. The third kappa shape index (κ3) is 2.54. The number of hydrogen-bond acceptors (Lipinski definition) is 4. The van der Waals surface area contributed by atoms with Crippen LogP contribution in [0.25, 0.3) is 0 Å². The van der Waals surface area contributed by atoms with E-state index in [1.807, 2.05) is 17.0 Å². The van der Waals surface area contributed by atoms with E-state index in [2.05, 4.69) is 9.97 Å². The van der Waals surface area contributed by atoms with Crippen LogP contribution in [0.15, 0.2) is 49.1 Å². The second kappa shape index (κ2) is 5.70. The van der Waals surface area contributed by atoms with Crippen LogP contribution in [-0.2, 0) is 4.79 Å². The van der Waals surface area contributed by atoms with Crippen molar-refractivity contribution >= 4 is 17.5 Å². The van der Waals surface area contributed by atoms with Gasteiger partial charge in [0.1, 0.15) is 0 Å². The molecule has 24 heavy (non-hydrogen) atoms. The molecule has 0 bridgehead atoms. The molecule has 0 N–H and O–H groups in total. The van der Waals surface area contributed by atoms with Crippen molar-refractivity contribution in [2.75, 3.05) is 24.5 Å². The maximum atomic E-state index is 12.6. The molecule has 2 aromatic heterocycles. The van der Waals surface area contributed by atoms with Crippen LogP contribution in [0.1, 0.15) is 23.2 Å². The highest BCUT2D eigenvalue weighted by molar-refractivity contribution is 5.97. The summed E-state index contributed by atoms with van der Waals surface area (Å²) in [5.41, 5.74) is 1.28. The molecule has 4 rings (SSSR count). The van der Waals surface area contributed by atoms with E-state index in [-0.39, 0.29) is 17.2 Å². The van der Waals surface area contributed by atoms with E-state index in [0.717, 1.165) is 12.1 Å². The highest BCUT2D eigenvalue weighted by Gasteiger charge is 2.48. The van der Waals surface area contributed by atoms with Crippen molar-refractivity contribution in [1.82, 2.24) is 14.9 Å². The first-order valence-electron chi connectivity index (χ1n) is 8.07. The van der Waals surface area contributed by atoms with E-state index in [0.29, 0.717) is 31.6 Å². The number of amides is 2. The lowest BCUT2D eigenvalue weighted by Crippen LogP contribution is -2.34. The number of pyridine rings is 2. The summed E-state index contributed by atoms with van der Waals surface area (Å²) in [6.07, 6.45) is 7.99. The van der Waals surface area contributed by atoms with E-state index < -0.39 is 0 Å². The molecule has 1 unspecified atom stereocenters. The molecule has 2 aliphatic rings. The van der Waals surface area contributed by atoms with Gasteiger partial charge in [0.15, 0.2) is 0 Å². The van der Waals surface area contributed by atoms with Crippen LogP contribution in [-0.4, -0.2) is 46.3 Å². The minimum atomic E-state index is -0.148. The molecule has 2 aromatic rings. The topological polar surface area (TPSA) is 66.4 Å². The van der Waals surface area contributed by atoms with Gasteiger partial charge >= 0.3 is 0 Å². The van der Waals surface area contributed by atoms with Crippen LogP contribution >= 0.6 is 0 Å². The van der Waals surface area contributed by atoms with Gasteiger partial charge in [0.05, 0.1) is 17.4 Å². The Morgan fingerprint density at radius 1 is 1.08 bits per heavy atom. The number of likely N-dealkylation sites (tertiary alicyclic amines) is 1. The van der Waals surface area contributed by atoms with Gasteiger partial charge < -0.3 is 9.80 Å². The Labute approximate surface area is 140 Å². The fourth-order valence-corrected chi connectivity index (χ4v) is 3.70. The zero-order valence-electron chi connectivity index (χ0n) is 13.3. The Bertz CT molecular complexity index is 765. The lowest BCUT2D eigenvalue weighted by Gasteiger charge is -2.24. The van der Waals surface area contributed by atoms with Crippen molar-refractivity contribution in [3.63, 3.8) is 0 Å². The number of aromatic nitrogens is 2. The van der Waals surface area contributed by atoms with E-state index in [1.165, 1.54) is 0 Å². The van der Waals surface area contributed by atoms with Crippen molar-refractivity contribution in [2.24, 2.45) is 5.41 Å². The zero-order chi connectivity index (χ0) is 16.6. The minimum Gasteiger partial charge on any atom is -0.338 e. The average molecular weight is 322 g/mol. The van der Waals surface area contributed by atoms with E-state index in [1.54, 1.807) is 41.8 Å². The zero-order valence-corrected chi connectivity index (χ0v) is 13.3. The van der Waals surface area contributed by atoms with Gasteiger partial charge in [-0.3, -0.25) is 19.6 Å². The highest BCUT2D eigenvalue weighted by Crippen LogP contribution is 2.41. The summed E-state index contributed by atoms with van der Waals surface area (Å²) in [6, 6.07) is 7.28. The predicted octanol–water partition coefficient (Wildman–Crippen LogP) is 1.75. The molecule has 4 heterocycles. The van der Waals surface area contributed by atoms with E-state index >= 15 is 0 Å². The van der Waals surface area contributed by atoms with Crippen molar-refractivity contribution in [3.05, 3.63) is 54.6 Å². The molecular weight excluding hydrogens is 304 g/mol. The molecule has 1 atom stereocenters. The van der Waals surface area contributed by atoms with E-state index in [4.69, 9.17) is 0 Å². The molecule has 0 aliphatic carbocycles. The monoisotopic (exact) mass is 322 g/mol. The molecule has 2 saturated heterocycles. The quantitative estimate of drug-likeness (QED) is 0.845. The first kappa shape index (κ1) is 14.8. The van der Waals surface area contributed by atoms with Gasteiger partial charge in [0, 0.05) is 50.1 Å². The van der Waals surface area contributed by atoms with Crippen molar-refractivity contribution in [1.29, 1.82) is 0 Å². The van der Waals surface area contributed by atoms with E-state index in [9.17, 15) is 9.59 Å². The smallest absolute Gasteiger partial charge is 0.255 e. The lowest BCUT2D eigenvalue weighted by molar-refractivity contribution is -0.117. The Hall–Kier alpha value is -2.76. The summed E-state index contributed by atoms with van der Waals surface area (Å²) in [6.45, 7) is 1.94. The summed E-state index contributed by atoms with van der Waals surface area (Å²) in [4.78, 5) is 36.8. The summed E-state index contributed by atoms with van der Waals surface area (Å²) < 4.78 is 0. The van der Waals surface area contributed by atoms with Gasteiger partial charge in [-0.1, -0.05) is 0 Å². The maximum absolute atomic E-state index is 12.6. The van der Waals surface area contributed by atoms with Crippen LogP contribution in [0.5, 0.6) is 0 Å². The second-order valence-electron chi connectivity index (χ2n) is 6.59. The highest BCUT2D eigenvalue weighted by atomic mass is 16.2. The molecular formula is C18H18N4O2. The maximum Gasteiger partial charge on any atom is 0.255 e. The Kier molecular flexibility index (Phi) is 3.52. The summed E-state index contributed by atoms with van der Waals surface area (Å²) in [7, 11) is 0. The number of hydrogen-bond donors (Lipinski definition) is 0. The molecule has 2 aliphatic heterocycles. The third-order valence-corrected chi connectivity index (χ3v) is 4.91. The molecule has 122 valence electrons. The predicted molar refractivity (Wildman–Crippen MR) is 88.4 cm³/mol. The minimum absolute atomic E-state index is 0.00717. The van der Waals surface area contributed by atoms with Crippen LogP contribution in [0.3, 0.4) is 0 Å². The normalized spacial score (nSPS) is 23.2. The summed E-state index contributed by atoms with van der Waals surface area (Å²) >= 11 is 0. The Morgan fingerprint density at radius 3 is 2.58 bits per heavy atom. The lowest BCUT2D eigenvalue weighted by atomic mass is 9.86. The summed E-state index contributed by atoms with van der Waals surface area (Å²) in [5, 5.41) is 0. The molecule has 0 radical (unpaired) electrons. The first-order chi connectivity index (χ1) is 11.7. The number of carbonyl (C=O) groups is 2. The molecule has 0 saturated carbocycles. The molecule has 6 nitrogen and oxygen atoms in total. The number of anilines is 1. The van der Waals surface area contributed by atoms with Crippen molar-refractivity contribution in [2.45, 2.75) is 12.8 Å². The first-order valence-corrected chi connectivity index (χ1v) is 8.07. The van der Waals surface area contributed by atoms with Gasteiger partial charge in [-0.05, 0) is 30.7 Å². The third-order valence-electron chi connectivity index (χ3n) is 4.91. The molecule has 1 spiro atoms. The van der Waals surface area contributed by atoms with Gasteiger partial charge in [-0.15, -0.1) is 0 Å². The number of nitrogens with zero attached hydrogens (tertiary/aromatic N) is 4. The van der Waals surface area contributed by atoms with Gasteiger partial charge in [-0.2, -0.15) is 0 Å². The van der Waals surface area contributed by atoms with Crippen LogP contribution < -0.4 is 4.90 Å². The molecule has 2 amide bonds. The van der Waals surface area contributed by atoms with Gasteiger partial charge in [0.2, 0.25) is 5.91 Å². The molecule has 6 heteroatoms. The van der Waals surface area contributed by atoms with Crippen LogP contribution in [0, 0.1) is 5.41 Å². The Morgan fingerprint density at radius 2 is 1.88 bits per heavy atom. The summed E-state index contributed by atoms with van der Waals surface area (Å²) in [5.74, 6) is 0.103. The van der Waals surface area contributed by atoms with Crippen molar-refractivity contribution < 1.29 is 9.59 Å².